The van der Waals surface area contributed by atoms with E-state index in [1.165, 1.54) is 19.1 Å². The summed E-state index contributed by atoms with van der Waals surface area (Å²) in [6, 6.07) is 5.21. The number of ether oxygens (including phenoxy) is 1. The minimum Gasteiger partial charge on any atom is -0.444 e. The quantitative estimate of drug-likeness (QED) is 0.555. The van der Waals surface area contributed by atoms with Crippen LogP contribution in [-0.4, -0.2) is 21.2 Å². The Kier molecular flexibility index (Phi) is 6.25. The maximum Gasteiger partial charge on any atom is 0.408 e. The number of carbonyl (C=O) groups is 1. The summed E-state index contributed by atoms with van der Waals surface area (Å²) in [7, 11) is 0. The zero-order valence-corrected chi connectivity index (χ0v) is 17.7. The van der Waals surface area contributed by atoms with Crippen LogP contribution in [0.15, 0.2) is 41.2 Å². The van der Waals surface area contributed by atoms with E-state index in [1.54, 1.807) is 20.8 Å². The van der Waals surface area contributed by atoms with Crippen LogP contribution in [0.2, 0.25) is 0 Å². The molecule has 10 heteroatoms. The van der Waals surface area contributed by atoms with Crippen LogP contribution in [0.1, 0.15) is 51.6 Å². The number of nitrogens with one attached hydrogen (secondary N) is 1. The highest BCUT2D eigenvalue weighted by Gasteiger charge is 2.24. The van der Waals surface area contributed by atoms with E-state index in [0.717, 1.165) is 22.8 Å². The molecule has 0 saturated heterocycles. The van der Waals surface area contributed by atoms with Gasteiger partial charge >= 0.3 is 6.09 Å². The molecule has 1 heterocycles. The minimum atomic E-state index is -3.01. The molecule has 0 aliphatic heterocycles. The molecule has 0 aliphatic carbocycles. The van der Waals surface area contributed by atoms with Crippen LogP contribution in [0.5, 0.6) is 0 Å². The first-order valence-corrected chi connectivity index (χ1v) is 9.67. The second kappa shape index (κ2) is 8.60. The third kappa shape index (κ3) is 4.90. The van der Waals surface area contributed by atoms with Crippen molar-refractivity contribution in [2.45, 2.75) is 45.8 Å². The molecule has 0 bridgehead atoms. The Balaban J connectivity index is 2.24. The number of nitrogens with zero attached hydrogens (tertiary/aromatic N) is 2. The molecule has 3 rings (SSSR count). The van der Waals surface area contributed by atoms with Gasteiger partial charge in [0.1, 0.15) is 28.4 Å². The highest BCUT2D eigenvalue weighted by atomic mass is 19.3. The fourth-order valence-corrected chi connectivity index (χ4v) is 3.15. The summed E-state index contributed by atoms with van der Waals surface area (Å²) in [5.74, 6) is -2.01. The first-order chi connectivity index (χ1) is 14.9. The molecule has 170 valence electrons. The number of amides is 1. The van der Waals surface area contributed by atoms with E-state index >= 15 is 0 Å². The van der Waals surface area contributed by atoms with Crippen molar-refractivity contribution >= 4 is 17.0 Å². The number of alkyl halides is 2. The third-order valence-electron chi connectivity index (χ3n) is 4.41. The smallest absolute Gasteiger partial charge is 0.408 e. The summed E-state index contributed by atoms with van der Waals surface area (Å²) in [5, 5.41) is 2.10. The van der Waals surface area contributed by atoms with E-state index in [2.05, 4.69) is 10.3 Å². The predicted molar refractivity (Wildman–Crippen MR) is 110 cm³/mol. The van der Waals surface area contributed by atoms with Gasteiger partial charge in [0.05, 0.1) is 17.2 Å². The van der Waals surface area contributed by atoms with Crippen molar-refractivity contribution in [2.24, 2.45) is 0 Å². The normalized spacial score (nSPS) is 12.8. The number of aromatic nitrogens is 2. The molecule has 1 atom stereocenters. The lowest BCUT2D eigenvalue weighted by Gasteiger charge is -2.23. The minimum absolute atomic E-state index is 0.00965. The molecule has 0 radical (unpaired) electrons. The number of alkyl carbamates (subject to hydrolysis) is 1. The van der Waals surface area contributed by atoms with Crippen molar-refractivity contribution < 1.29 is 27.1 Å². The highest BCUT2D eigenvalue weighted by molar-refractivity contribution is 5.79. The molecule has 0 aliphatic rings. The molecule has 1 N–H and O–H groups in total. The summed E-state index contributed by atoms with van der Waals surface area (Å²) in [6.45, 7) is 6.44. The Morgan fingerprint density at radius 3 is 2.47 bits per heavy atom. The van der Waals surface area contributed by atoms with Crippen molar-refractivity contribution in [2.75, 3.05) is 0 Å². The SMILES string of the molecule is CC(NC(=O)OC(C)(C)C)c1nc2cccc(F)c2c(=O)n1-c1cc(F)cc(C(F)F)c1. The van der Waals surface area contributed by atoms with Gasteiger partial charge in [0, 0.05) is 5.56 Å². The van der Waals surface area contributed by atoms with Gasteiger partial charge in [-0.25, -0.2) is 27.3 Å². The van der Waals surface area contributed by atoms with Gasteiger partial charge in [-0.05, 0) is 58.0 Å². The number of rotatable bonds is 4. The van der Waals surface area contributed by atoms with Gasteiger partial charge < -0.3 is 10.1 Å². The molecule has 1 aromatic heterocycles. The van der Waals surface area contributed by atoms with Crippen LogP contribution in [0.4, 0.5) is 22.4 Å². The lowest BCUT2D eigenvalue weighted by molar-refractivity contribution is 0.0505. The maximum absolute atomic E-state index is 14.4. The fourth-order valence-electron chi connectivity index (χ4n) is 3.15. The molecular formula is C22H21F4N3O3. The zero-order chi connectivity index (χ0) is 23.8. The number of halogens is 4. The van der Waals surface area contributed by atoms with Gasteiger partial charge in [0.15, 0.2) is 0 Å². The number of fused-ring (bicyclic) bond motifs is 1. The van der Waals surface area contributed by atoms with Crippen LogP contribution < -0.4 is 10.9 Å². The Morgan fingerprint density at radius 2 is 1.84 bits per heavy atom. The van der Waals surface area contributed by atoms with Gasteiger partial charge in [-0.1, -0.05) is 6.07 Å². The first kappa shape index (κ1) is 23.2. The summed E-state index contributed by atoms with van der Waals surface area (Å²) in [5.41, 5.74) is -2.70. The van der Waals surface area contributed by atoms with E-state index in [1.807, 2.05) is 0 Å². The second-order valence-corrected chi connectivity index (χ2v) is 8.16. The molecule has 6 nitrogen and oxygen atoms in total. The Bertz CT molecular complexity index is 1240. The first-order valence-electron chi connectivity index (χ1n) is 9.67. The van der Waals surface area contributed by atoms with Gasteiger partial charge in [0.25, 0.3) is 12.0 Å². The van der Waals surface area contributed by atoms with Crippen molar-refractivity contribution in [1.29, 1.82) is 0 Å². The summed E-state index contributed by atoms with van der Waals surface area (Å²) < 4.78 is 61.0. The predicted octanol–water partition coefficient (Wildman–Crippen LogP) is 5.19. The van der Waals surface area contributed by atoms with Gasteiger partial charge in [-0.3, -0.25) is 9.36 Å². The molecular weight excluding hydrogens is 430 g/mol. The number of hydrogen-bond donors (Lipinski definition) is 1. The largest absolute Gasteiger partial charge is 0.444 e. The summed E-state index contributed by atoms with van der Waals surface area (Å²) >= 11 is 0. The van der Waals surface area contributed by atoms with Crippen molar-refractivity contribution in [3.05, 3.63) is 69.8 Å². The lowest BCUT2D eigenvalue weighted by Crippen LogP contribution is -2.37. The van der Waals surface area contributed by atoms with E-state index in [-0.39, 0.29) is 17.0 Å². The lowest BCUT2D eigenvalue weighted by atomic mass is 10.1. The van der Waals surface area contributed by atoms with Gasteiger partial charge in [-0.2, -0.15) is 0 Å². The molecule has 1 amide bonds. The number of benzene rings is 2. The average Bonchev–Trinajstić information content (AvgIpc) is 2.65. The monoisotopic (exact) mass is 451 g/mol. The summed E-state index contributed by atoms with van der Waals surface area (Å²) in [6.07, 6.45) is -3.83. The zero-order valence-electron chi connectivity index (χ0n) is 17.7. The van der Waals surface area contributed by atoms with Crippen LogP contribution in [-0.2, 0) is 4.74 Å². The molecule has 2 aromatic carbocycles. The van der Waals surface area contributed by atoms with Crippen molar-refractivity contribution in [3.63, 3.8) is 0 Å². The van der Waals surface area contributed by atoms with Crippen molar-refractivity contribution in [3.8, 4) is 5.69 Å². The Morgan fingerprint density at radius 1 is 1.16 bits per heavy atom. The van der Waals surface area contributed by atoms with E-state index in [4.69, 9.17) is 4.74 Å². The molecule has 0 fully saturated rings. The fraction of sp³-hybridized carbons (Fsp3) is 0.318. The van der Waals surface area contributed by atoms with Crippen molar-refractivity contribution in [1.82, 2.24) is 14.9 Å². The van der Waals surface area contributed by atoms with Crippen LogP contribution in [0, 0.1) is 11.6 Å². The molecule has 0 spiro atoms. The Hall–Kier alpha value is -3.43. The maximum atomic E-state index is 14.4. The molecule has 32 heavy (non-hydrogen) atoms. The van der Waals surface area contributed by atoms with Gasteiger partial charge in [0.2, 0.25) is 0 Å². The van der Waals surface area contributed by atoms with E-state index in [0.29, 0.717) is 6.07 Å². The highest BCUT2D eigenvalue weighted by Crippen LogP contribution is 2.25. The molecule has 0 saturated carbocycles. The second-order valence-electron chi connectivity index (χ2n) is 8.16. The van der Waals surface area contributed by atoms with Crippen LogP contribution >= 0.6 is 0 Å². The standard InChI is InChI=1S/C22H21F4N3O3/c1-11(27-21(31)32-22(2,3)4)19-28-16-7-5-6-15(24)17(16)20(30)29(19)14-9-12(18(25)26)8-13(23)10-14/h5-11,18H,1-4H3,(H,27,31). The number of hydrogen-bond acceptors (Lipinski definition) is 4. The number of carbonyl (C=O) groups excluding carboxylic acids is 1. The Labute approximate surface area is 180 Å². The van der Waals surface area contributed by atoms with Crippen LogP contribution in [0.25, 0.3) is 16.6 Å². The topological polar surface area (TPSA) is 73.2 Å². The molecule has 3 aromatic rings. The van der Waals surface area contributed by atoms with Crippen LogP contribution in [0.3, 0.4) is 0 Å². The molecule has 1 unspecified atom stereocenters. The van der Waals surface area contributed by atoms with E-state index < -0.39 is 52.3 Å². The van der Waals surface area contributed by atoms with Gasteiger partial charge in [-0.15, -0.1) is 0 Å². The third-order valence-corrected chi connectivity index (χ3v) is 4.41. The summed E-state index contributed by atoms with van der Waals surface area (Å²) in [4.78, 5) is 29.7. The van der Waals surface area contributed by atoms with E-state index in [9.17, 15) is 27.2 Å². The average molecular weight is 451 g/mol.